The Morgan fingerprint density at radius 3 is 2.45 bits per heavy atom. The van der Waals surface area contributed by atoms with Gasteiger partial charge in [-0.2, -0.15) is 0 Å². The molecule has 1 aliphatic carbocycles. The van der Waals surface area contributed by atoms with Crippen LogP contribution in [0.15, 0.2) is 17.7 Å². The van der Waals surface area contributed by atoms with Crippen molar-refractivity contribution in [1.82, 2.24) is 14.4 Å². The highest BCUT2D eigenvalue weighted by atomic mass is 32.2. The Labute approximate surface area is 193 Å². The quantitative estimate of drug-likeness (QED) is 0.259. The van der Waals surface area contributed by atoms with E-state index in [0.717, 1.165) is 36.3 Å². The van der Waals surface area contributed by atoms with Crippen molar-refractivity contribution in [3.05, 3.63) is 34.7 Å². The summed E-state index contributed by atoms with van der Waals surface area (Å²) in [6, 6.07) is 0.659. The molecule has 1 aromatic rings. The van der Waals surface area contributed by atoms with Gasteiger partial charge in [0.05, 0.1) is 18.1 Å². The molecule has 0 spiro atoms. The Balaban J connectivity index is 1.46. The molecular formula is C23H29N3O6S. The molecule has 0 aromatic carbocycles. The van der Waals surface area contributed by atoms with E-state index in [4.69, 9.17) is 0 Å². The zero-order chi connectivity index (χ0) is 23.9. The minimum absolute atomic E-state index is 0.0278. The van der Waals surface area contributed by atoms with Crippen molar-refractivity contribution in [2.75, 3.05) is 24.6 Å². The molecule has 0 saturated carbocycles. The maximum Gasteiger partial charge on any atom is 0.334 e. The van der Waals surface area contributed by atoms with Crippen molar-refractivity contribution in [3.8, 4) is 0 Å². The first kappa shape index (κ1) is 23.4. The number of carbonyl (C=O) groups is 4. The van der Waals surface area contributed by atoms with Gasteiger partial charge in [-0.15, -0.1) is 0 Å². The summed E-state index contributed by atoms with van der Waals surface area (Å²) in [5.41, 5.74) is 2.86. The van der Waals surface area contributed by atoms with E-state index in [1.165, 1.54) is 5.57 Å². The molecule has 2 aliphatic heterocycles. The van der Waals surface area contributed by atoms with Gasteiger partial charge in [-0.05, 0) is 58.4 Å². The highest BCUT2D eigenvalue weighted by molar-refractivity contribution is 7.91. The Hall–Kier alpha value is -2.75. The van der Waals surface area contributed by atoms with Crippen LogP contribution in [-0.2, 0) is 19.4 Å². The number of rotatable bonds is 7. The molecule has 0 radical (unpaired) electrons. The first-order valence-corrected chi connectivity index (χ1v) is 13.2. The summed E-state index contributed by atoms with van der Waals surface area (Å²) >= 11 is 0. The van der Waals surface area contributed by atoms with Crippen molar-refractivity contribution in [1.29, 1.82) is 0 Å². The summed E-state index contributed by atoms with van der Waals surface area (Å²) in [6.07, 6.45) is 7.29. The fourth-order valence-corrected chi connectivity index (χ4v) is 6.80. The standard InChI is InChI=1S/C23H29N3O6S/c1-15-12-19(16(2)26(15)18-9-11-33(31,32)14-18)20(27)13-25-22(29)21(28)24(23(25)30)10-8-17-6-4-3-5-7-17/h6,12,18H,3-5,7-11,13-14H2,1-2H3. The first-order valence-electron chi connectivity index (χ1n) is 11.4. The smallest absolute Gasteiger partial charge is 0.334 e. The molecule has 178 valence electrons. The predicted molar refractivity (Wildman–Crippen MR) is 121 cm³/mol. The van der Waals surface area contributed by atoms with Crippen molar-refractivity contribution in [3.63, 3.8) is 0 Å². The number of amides is 4. The zero-order valence-electron chi connectivity index (χ0n) is 19.0. The minimum atomic E-state index is -3.10. The largest absolute Gasteiger partial charge is 0.344 e. The highest BCUT2D eigenvalue weighted by Crippen LogP contribution is 2.29. The molecule has 10 heteroatoms. The summed E-state index contributed by atoms with van der Waals surface area (Å²) < 4.78 is 25.6. The molecular weight excluding hydrogens is 446 g/mol. The summed E-state index contributed by atoms with van der Waals surface area (Å²) in [6.45, 7) is 3.14. The molecule has 1 atom stereocenters. The molecule has 0 N–H and O–H groups in total. The lowest BCUT2D eigenvalue weighted by Gasteiger charge is -2.18. The number of carbonyl (C=O) groups excluding carboxylic acids is 4. The van der Waals surface area contributed by atoms with Gasteiger partial charge in [0, 0.05) is 29.5 Å². The summed E-state index contributed by atoms with van der Waals surface area (Å²) in [5.74, 6) is -2.20. The van der Waals surface area contributed by atoms with Gasteiger partial charge >= 0.3 is 17.8 Å². The monoisotopic (exact) mass is 475 g/mol. The van der Waals surface area contributed by atoms with Gasteiger partial charge in [-0.3, -0.25) is 19.3 Å². The average Bonchev–Trinajstić information content (AvgIpc) is 3.34. The third kappa shape index (κ3) is 4.53. The maximum absolute atomic E-state index is 13.0. The van der Waals surface area contributed by atoms with E-state index < -0.39 is 40.0 Å². The van der Waals surface area contributed by atoms with Crippen molar-refractivity contribution >= 4 is 33.5 Å². The fraction of sp³-hybridized carbons (Fsp3) is 0.565. The van der Waals surface area contributed by atoms with Crippen LogP contribution in [0.4, 0.5) is 4.79 Å². The van der Waals surface area contributed by atoms with Crippen LogP contribution in [0, 0.1) is 13.8 Å². The van der Waals surface area contributed by atoms with Crippen molar-refractivity contribution in [2.24, 2.45) is 0 Å². The number of nitrogens with zero attached hydrogens (tertiary/aromatic N) is 3. The Morgan fingerprint density at radius 2 is 1.82 bits per heavy atom. The van der Waals surface area contributed by atoms with Gasteiger partial charge < -0.3 is 4.57 Å². The van der Waals surface area contributed by atoms with Gasteiger partial charge in [0.15, 0.2) is 15.6 Å². The second-order valence-electron chi connectivity index (χ2n) is 9.12. The lowest BCUT2D eigenvalue weighted by molar-refractivity contribution is -0.143. The molecule has 3 heterocycles. The molecule has 0 bridgehead atoms. The van der Waals surface area contributed by atoms with Crippen LogP contribution in [0.25, 0.3) is 0 Å². The SMILES string of the molecule is Cc1cc(C(=O)CN2C(=O)C(=O)N(CCC3=CCCCC3)C2=O)c(C)n1C1CCS(=O)(=O)C1. The lowest BCUT2D eigenvalue weighted by Crippen LogP contribution is -2.37. The van der Waals surface area contributed by atoms with E-state index in [9.17, 15) is 27.6 Å². The molecule has 4 amide bonds. The molecule has 33 heavy (non-hydrogen) atoms. The number of hydrogen-bond donors (Lipinski definition) is 0. The van der Waals surface area contributed by atoms with Crippen LogP contribution >= 0.6 is 0 Å². The first-order chi connectivity index (χ1) is 15.6. The number of ketones is 1. The molecule has 2 fully saturated rings. The number of urea groups is 1. The van der Waals surface area contributed by atoms with Gasteiger partial charge in [0.25, 0.3) is 0 Å². The van der Waals surface area contributed by atoms with Crippen LogP contribution in [0.5, 0.6) is 0 Å². The number of imide groups is 2. The Morgan fingerprint density at radius 1 is 1.09 bits per heavy atom. The third-order valence-electron chi connectivity index (χ3n) is 6.84. The molecule has 4 rings (SSSR count). The van der Waals surface area contributed by atoms with Gasteiger partial charge in [0.1, 0.15) is 0 Å². The van der Waals surface area contributed by atoms with Gasteiger partial charge in [0.2, 0.25) is 0 Å². The normalized spacial score (nSPS) is 22.9. The zero-order valence-corrected chi connectivity index (χ0v) is 19.8. The molecule has 9 nitrogen and oxygen atoms in total. The van der Waals surface area contributed by atoms with Crippen LogP contribution in [0.2, 0.25) is 0 Å². The topological polar surface area (TPSA) is 114 Å². The van der Waals surface area contributed by atoms with E-state index in [-0.39, 0.29) is 24.1 Å². The molecule has 3 aliphatic rings. The van der Waals surface area contributed by atoms with E-state index in [0.29, 0.717) is 29.0 Å². The third-order valence-corrected chi connectivity index (χ3v) is 8.59. The maximum atomic E-state index is 13.0. The predicted octanol–water partition coefficient (Wildman–Crippen LogP) is 2.33. The van der Waals surface area contributed by atoms with E-state index in [1.54, 1.807) is 19.9 Å². The van der Waals surface area contributed by atoms with Crippen LogP contribution < -0.4 is 0 Å². The van der Waals surface area contributed by atoms with Crippen LogP contribution in [-0.4, -0.2) is 71.0 Å². The molecule has 1 aromatic heterocycles. The number of allylic oxidation sites excluding steroid dienone is 1. The summed E-state index contributed by atoms with van der Waals surface area (Å²) in [5, 5.41) is 0. The number of aromatic nitrogens is 1. The summed E-state index contributed by atoms with van der Waals surface area (Å²) in [7, 11) is -3.10. The number of Topliss-reactive ketones (excluding diaryl/α,β-unsaturated/α-hetero) is 1. The van der Waals surface area contributed by atoms with Gasteiger partial charge in [-0.25, -0.2) is 18.1 Å². The Kier molecular flexibility index (Phi) is 6.30. The van der Waals surface area contributed by atoms with E-state index >= 15 is 0 Å². The molecule has 2 saturated heterocycles. The highest BCUT2D eigenvalue weighted by Gasteiger charge is 2.45. The summed E-state index contributed by atoms with van der Waals surface area (Å²) in [4.78, 5) is 52.3. The second-order valence-corrected chi connectivity index (χ2v) is 11.4. The number of sulfone groups is 1. The van der Waals surface area contributed by atoms with E-state index in [1.807, 2.05) is 4.57 Å². The molecule has 1 unspecified atom stereocenters. The average molecular weight is 476 g/mol. The second kappa shape index (κ2) is 8.89. The van der Waals surface area contributed by atoms with Crippen molar-refractivity contribution < 1.29 is 27.6 Å². The lowest BCUT2D eigenvalue weighted by atomic mass is 9.97. The van der Waals surface area contributed by atoms with Gasteiger partial charge in [-0.1, -0.05) is 11.6 Å². The number of hydrogen-bond acceptors (Lipinski definition) is 6. The fourth-order valence-electron chi connectivity index (χ4n) is 5.10. The minimum Gasteiger partial charge on any atom is -0.344 e. The number of aryl methyl sites for hydroxylation is 1. The van der Waals surface area contributed by atoms with E-state index in [2.05, 4.69) is 6.08 Å². The Bertz CT molecular complexity index is 1160. The van der Waals surface area contributed by atoms with Crippen LogP contribution in [0.1, 0.15) is 66.3 Å². The van der Waals surface area contributed by atoms with Crippen LogP contribution in [0.3, 0.4) is 0 Å². The van der Waals surface area contributed by atoms with Crippen molar-refractivity contribution in [2.45, 2.75) is 58.4 Å².